The van der Waals surface area contributed by atoms with E-state index in [2.05, 4.69) is 31.9 Å². The standard InChI is InChI=1S/C14H20Br2O4/c1-13(2,15)11(17)19-7-9-5-6-10(9)8-20-12(18)14(3,4)16/h5-6,9-10H,7-8H2,1-4H3/t9-,10+. The molecule has 114 valence electrons. The quantitative estimate of drug-likeness (QED) is 0.382. The number of ether oxygens (including phenoxy) is 2. The Morgan fingerprint density at radius 1 is 0.900 bits per heavy atom. The lowest BCUT2D eigenvalue weighted by Crippen LogP contribution is -2.35. The third-order valence-electron chi connectivity index (χ3n) is 2.94. The molecule has 0 spiro atoms. The average molecular weight is 412 g/mol. The van der Waals surface area contributed by atoms with E-state index in [1.807, 2.05) is 12.2 Å². The van der Waals surface area contributed by atoms with Gasteiger partial charge in [0.05, 0.1) is 13.2 Å². The molecule has 6 heteroatoms. The van der Waals surface area contributed by atoms with E-state index in [1.54, 1.807) is 27.7 Å². The summed E-state index contributed by atoms with van der Waals surface area (Å²) in [5, 5.41) is 0. The summed E-state index contributed by atoms with van der Waals surface area (Å²) in [4.78, 5) is 23.3. The van der Waals surface area contributed by atoms with Crippen molar-refractivity contribution in [2.75, 3.05) is 13.2 Å². The predicted octanol–water partition coefficient (Wildman–Crippen LogP) is 3.22. The molecule has 1 rings (SSSR count). The van der Waals surface area contributed by atoms with Crippen molar-refractivity contribution in [3.63, 3.8) is 0 Å². The summed E-state index contributed by atoms with van der Waals surface area (Å²) in [6.45, 7) is 7.58. The third kappa shape index (κ3) is 5.20. The van der Waals surface area contributed by atoms with E-state index in [1.165, 1.54) is 0 Å². The first-order valence-electron chi connectivity index (χ1n) is 6.42. The van der Waals surface area contributed by atoms with Gasteiger partial charge < -0.3 is 9.47 Å². The molecular formula is C14H20Br2O4. The molecule has 4 nitrogen and oxygen atoms in total. The first kappa shape index (κ1) is 17.7. The van der Waals surface area contributed by atoms with Crippen molar-refractivity contribution in [3.8, 4) is 0 Å². The Balaban J connectivity index is 2.33. The average Bonchev–Trinajstić information content (AvgIpc) is 2.24. The number of carbonyl (C=O) groups excluding carboxylic acids is 2. The van der Waals surface area contributed by atoms with Crippen LogP contribution in [0.15, 0.2) is 12.2 Å². The van der Waals surface area contributed by atoms with Gasteiger partial charge in [0, 0.05) is 11.8 Å². The highest BCUT2D eigenvalue weighted by molar-refractivity contribution is 9.10. The van der Waals surface area contributed by atoms with Crippen LogP contribution in [0.5, 0.6) is 0 Å². The smallest absolute Gasteiger partial charge is 0.322 e. The van der Waals surface area contributed by atoms with Crippen LogP contribution in [0.1, 0.15) is 27.7 Å². The molecule has 0 saturated heterocycles. The van der Waals surface area contributed by atoms with E-state index < -0.39 is 8.65 Å². The number of alkyl halides is 2. The predicted molar refractivity (Wildman–Crippen MR) is 84.1 cm³/mol. The molecule has 0 bridgehead atoms. The lowest BCUT2D eigenvalue weighted by molar-refractivity contribution is -0.150. The van der Waals surface area contributed by atoms with Crippen molar-refractivity contribution in [2.24, 2.45) is 11.8 Å². The molecule has 0 fully saturated rings. The molecule has 0 aromatic rings. The maximum absolute atomic E-state index is 11.6. The maximum Gasteiger partial charge on any atom is 0.322 e. The van der Waals surface area contributed by atoms with Crippen LogP contribution < -0.4 is 0 Å². The minimum Gasteiger partial charge on any atom is -0.464 e. The molecule has 0 aromatic carbocycles. The van der Waals surface area contributed by atoms with Crippen LogP contribution >= 0.6 is 31.9 Å². The van der Waals surface area contributed by atoms with Crippen LogP contribution in [0.4, 0.5) is 0 Å². The van der Waals surface area contributed by atoms with E-state index in [9.17, 15) is 9.59 Å². The van der Waals surface area contributed by atoms with Gasteiger partial charge in [-0.1, -0.05) is 44.0 Å². The topological polar surface area (TPSA) is 52.6 Å². The second-order valence-electron chi connectivity index (χ2n) is 5.85. The number of hydrogen-bond donors (Lipinski definition) is 0. The zero-order valence-electron chi connectivity index (χ0n) is 12.1. The lowest BCUT2D eigenvalue weighted by atomic mass is 9.83. The molecule has 1 aliphatic rings. The monoisotopic (exact) mass is 410 g/mol. The van der Waals surface area contributed by atoms with Crippen molar-refractivity contribution in [1.29, 1.82) is 0 Å². The summed E-state index contributed by atoms with van der Waals surface area (Å²) in [5.41, 5.74) is 0. The Morgan fingerprint density at radius 2 is 1.20 bits per heavy atom. The van der Waals surface area contributed by atoms with Crippen molar-refractivity contribution >= 4 is 43.8 Å². The van der Waals surface area contributed by atoms with Crippen molar-refractivity contribution in [1.82, 2.24) is 0 Å². The van der Waals surface area contributed by atoms with Crippen LogP contribution in [0.3, 0.4) is 0 Å². The highest BCUT2D eigenvalue weighted by atomic mass is 79.9. The summed E-state index contributed by atoms with van der Waals surface area (Å²) >= 11 is 6.51. The van der Waals surface area contributed by atoms with E-state index in [-0.39, 0.29) is 23.8 Å². The van der Waals surface area contributed by atoms with Crippen molar-refractivity contribution < 1.29 is 19.1 Å². The molecule has 0 N–H and O–H groups in total. The van der Waals surface area contributed by atoms with Gasteiger partial charge in [-0.15, -0.1) is 0 Å². The van der Waals surface area contributed by atoms with Crippen LogP contribution in [0, 0.1) is 11.8 Å². The summed E-state index contributed by atoms with van der Waals surface area (Å²) in [6, 6.07) is 0. The minimum absolute atomic E-state index is 0.111. The van der Waals surface area contributed by atoms with Crippen LogP contribution in [-0.4, -0.2) is 33.8 Å². The Labute approximate surface area is 136 Å². The number of esters is 2. The Hall–Kier alpha value is -0.360. The largest absolute Gasteiger partial charge is 0.464 e. The lowest BCUT2D eigenvalue weighted by Gasteiger charge is -2.30. The van der Waals surface area contributed by atoms with Gasteiger partial charge >= 0.3 is 11.9 Å². The zero-order valence-corrected chi connectivity index (χ0v) is 15.3. The normalized spacial score (nSPS) is 22.1. The van der Waals surface area contributed by atoms with Gasteiger partial charge in [-0.05, 0) is 27.7 Å². The number of hydrogen-bond acceptors (Lipinski definition) is 4. The molecule has 2 atom stereocenters. The molecule has 0 aliphatic heterocycles. The van der Waals surface area contributed by atoms with E-state index in [4.69, 9.17) is 9.47 Å². The van der Waals surface area contributed by atoms with Gasteiger partial charge in [0.15, 0.2) is 0 Å². The van der Waals surface area contributed by atoms with Crippen LogP contribution in [-0.2, 0) is 19.1 Å². The van der Waals surface area contributed by atoms with Crippen LogP contribution in [0.25, 0.3) is 0 Å². The van der Waals surface area contributed by atoms with Gasteiger partial charge in [0.2, 0.25) is 0 Å². The number of halogens is 2. The molecule has 0 aromatic heterocycles. The van der Waals surface area contributed by atoms with Crippen molar-refractivity contribution in [2.45, 2.75) is 36.3 Å². The second kappa shape index (κ2) is 6.60. The number of carbonyl (C=O) groups is 2. The summed E-state index contributed by atoms with van der Waals surface area (Å²) in [7, 11) is 0. The fourth-order valence-electron chi connectivity index (χ4n) is 1.47. The highest BCUT2D eigenvalue weighted by Gasteiger charge is 2.32. The summed E-state index contributed by atoms with van der Waals surface area (Å²) in [5.74, 6) is -0.370. The van der Waals surface area contributed by atoms with Gasteiger partial charge in [0.1, 0.15) is 8.65 Å². The zero-order chi connectivity index (χ0) is 15.6. The molecular weight excluding hydrogens is 392 g/mol. The third-order valence-corrected chi connectivity index (χ3v) is 3.59. The molecule has 0 radical (unpaired) electrons. The maximum atomic E-state index is 11.6. The fourth-order valence-corrected chi connectivity index (χ4v) is 1.70. The Bertz CT molecular complexity index is 366. The first-order chi connectivity index (χ1) is 9.01. The SMILES string of the molecule is CC(C)(Br)C(=O)OC[C@H]1C=C[C@H]1COC(=O)C(C)(C)Br. The summed E-state index contributed by atoms with van der Waals surface area (Å²) in [6.07, 6.45) is 3.93. The fraction of sp³-hybridized carbons (Fsp3) is 0.714. The first-order valence-corrected chi connectivity index (χ1v) is 8.01. The van der Waals surface area contributed by atoms with Crippen molar-refractivity contribution in [3.05, 3.63) is 12.2 Å². The molecule has 0 unspecified atom stereocenters. The van der Waals surface area contributed by atoms with E-state index >= 15 is 0 Å². The Kier molecular flexibility index (Phi) is 5.84. The molecule has 0 heterocycles. The molecule has 0 amide bonds. The number of rotatable bonds is 6. The van der Waals surface area contributed by atoms with Gasteiger partial charge in [-0.3, -0.25) is 9.59 Å². The second-order valence-corrected chi connectivity index (χ2v) is 9.82. The Morgan fingerprint density at radius 3 is 1.40 bits per heavy atom. The van der Waals surface area contributed by atoms with Gasteiger partial charge in [-0.2, -0.15) is 0 Å². The van der Waals surface area contributed by atoms with E-state index in [0.717, 1.165) is 0 Å². The highest BCUT2D eigenvalue weighted by Crippen LogP contribution is 2.28. The molecule has 20 heavy (non-hydrogen) atoms. The molecule has 1 aliphatic carbocycles. The van der Waals surface area contributed by atoms with Gasteiger partial charge in [0.25, 0.3) is 0 Å². The minimum atomic E-state index is -0.678. The summed E-state index contributed by atoms with van der Waals surface area (Å²) < 4.78 is 9.10. The van der Waals surface area contributed by atoms with Crippen LogP contribution in [0.2, 0.25) is 0 Å². The molecule has 0 saturated carbocycles. The van der Waals surface area contributed by atoms with E-state index in [0.29, 0.717) is 13.2 Å². The van der Waals surface area contributed by atoms with Gasteiger partial charge in [-0.25, -0.2) is 0 Å².